The van der Waals surface area contributed by atoms with Crippen molar-refractivity contribution < 1.29 is 4.79 Å². The molecule has 1 aliphatic heterocycles. The van der Waals surface area contributed by atoms with Crippen LogP contribution in [0.2, 0.25) is 0 Å². The highest BCUT2D eigenvalue weighted by Gasteiger charge is 2.18. The normalized spacial score (nSPS) is 16.4. The molecule has 0 atom stereocenters. The highest BCUT2D eigenvalue weighted by Crippen LogP contribution is 2.25. The summed E-state index contributed by atoms with van der Waals surface area (Å²) in [5, 5.41) is 8.51. The first-order chi connectivity index (χ1) is 10.7. The van der Waals surface area contributed by atoms with E-state index in [0.29, 0.717) is 6.04 Å². The number of carbonyl (C=O) groups excluding carboxylic acids is 1. The molecule has 1 fully saturated rings. The maximum Gasteiger partial charge on any atom is 0.265 e. The quantitative estimate of drug-likeness (QED) is 0.907. The number of thiophene rings is 1. The maximum absolute atomic E-state index is 12.2. The van der Waals surface area contributed by atoms with E-state index in [4.69, 9.17) is 0 Å². The van der Waals surface area contributed by atoms with Crippen LogP contribution in [0.25, 0.3) is 0 Å². The van der Waals surface area contributed by atoms with Crippen LogP contribution in [0.4, 0.5) is 11.4 Å². The first kappa shape index (κ1) is 15.1. The summed E-state index contributed by atoms with van der Waals surface area (Å²) < 4.78 is 0. The molecule has 1 saturated heterocycles. The number of hydrogen-bond acceptors (Lipinski definition) is 4. The van der Waals surface area contributed by atoms with Gasteiger partial charge in [0, 0.05) is 6.04 Å². The minimum Gasteiger partial charge on any atom is -0.381 e. The van der Waals surface area contributed by atoms with Gasteiger partial charge in [0.25, 0.3) is 5.91 Å². The highest BCUT2D eigenvalue weighted by molar-refractivity contribution is 7.12. The lowest BCUT2D eigenvalue weighted by Gasteiger charge is -2.30. The van der Waals surface area contributed by atoms with Crippen molar-refractivity contribution in [1.82, 2.24) is 4.90 Å². The SMILES string of the molecule is CN1CCC(Nc2ccccc2NC(=O)c2cccs2)CC1. The molecule has 5 heteroatoms. The first-order valence-electron chi connectivity index (χ1n) is 7.61. The molecule has 3 rings (SSSR count). The zero-order valence-electron chi connectivity index (χ0n) is 12.7. The number of benzene rings is 1. The Balaban J connectivity index is 1.68. The van der Waals surface area contributed by atoms with Gasteiger partial charge in [0.1, 0.15) is 0 Å². The molecule has 0 spiro atoms. The predicted octanol–water partition coefficient (Wildman–Crippen LogP) is 3.51. The van der Waals surface area contributed by atoms with Gasteiger partial charge in [-0.2, -0.15) is 0 Å². The van der Waals surface area contributed by atoms with E-state index in [1.807, 2.05) is 41.8 Å². The van der Waals surface area contributed by atoms with Gasteiger partial charge < -0.3 is 15.5 Å². The average Bonchev–Trinajstić information content (AvgIpc) is 3.06. The Labute approximate surface area is 135 Å². The van der Waals surface area contributed by atoms with Crippen LogP contribution in [0.3, 0.4) is 0 Å². The van der Waals surface area contributed by atoms with E-state index in [1.165, 1.54) is 11.3 Å². The molecule has 0 bridgehead atoms. The largest absolute Gasteiger partial charge is 0.381 e. The number of amides is 1. The fourth-order valence-corrected chi connectivity index (χ4v) is 3.30. The summed E-state index contributed by atoms with van der Waals surface area (Å²) in [6.07, 6.45) is 2.26. The molecule has 1 aromatic carbocycles. The molecule has 22 heavy (non-hydrogen) atoms. The Morgan fingerprint density at radius 3 is 2.55 bits per heavy atom. The van der Waals surface area contributed by atoms with Gasteiger partial charge in [0.05, 0.1) is 16.3 Å². The Morgan fingerprint density at radius 1 is 1.14 bits per heavy atom. The number of hydrogen-bond donors (Lipinski definition) is 2. The molecule has 4 nitrogen and oxygen atoms in total. The number of rotatable bonds is 4. The van der Waals surface area contributed by atoms with E-state index in [0.717, 1.165) is 42.2 Å². The van der Waals surface area contributed by atoms with Gasteiger partial charge >= 0.3 is 0 Å². The fourth-order valence-electron chi connectivity index (χ4n) is 2.68. The fraction of sp³-hybridized carbons (Fsp3) is 0.353. The van der Waals surface area contributed by atoms with Gasteiger partial charge in [-0.3, -0.25) is 4.79 Å². The van der Waals surface area contributed by atoms with Crippen molar-refractivity contribution in [3.8, 4) is 0 Å². The van der Waals surface area contributed by atoms with E-state index in [2.05, 4.69) is 22.6 Å². The molecule has 0 saturated carbocycles. The standard InChI is InChI=1S/C17H21N3OS/c1-20-10-8-13(9-11-20)18-14-5-2-3-6-15(14)19-17(21)16-7-4-12-22-16/h2-7,12-13,18H,8-11H2,1H3,(H,19,21). The highest BCUT2D eigenvalue weighted by atomic mass is 32.1. The van der Waals surface area contributed by atoms with Crippen molar-refractivity contribution in [1.29, 1.82) is 0 Å². The summed E-state index contributed by atoms with van der Waals surface area (Å²) in [5.41, 5.74) is 1.85. The minimum absolute atomic E-state index is 0.0485. The molecule has 2 aromatic rings. The van der Waals surface area contributed by atoms with Gasteiger partial charge in [-0.15, -0.1) is 11.3 Å². The molecular weight excluding hydrogens is 294 g/mol. The molecule has 0 aliphatic carbocycles. The van der Waals surface area contributed by atoms with E-state index in [1.54, 1.807) is 0 Å². The van der Waals surface area contributed by atoms with Crippen molar-refractivity contribution in [3.63, 3.8) is 0 Å². The Morgan fingerprint density at radius 2 is 1.86 bits per heavy atom. The van der Waals surface area contributed by atoms with E-state index in [9.17, 15) is 4.79 Å². The maximum atomic E-state index is 12.2. The number of para-hydroxylation sites is 2. The van der Waals surface area contributed by atoms with E-state index < -0.39 is 0 Å². The lowest BCUT2D eigenvalue weighted by molar-refractivity contribution is 0.103. The van der Waals surface area contributed by atoms with Gasteiger partial charge in [0.2, 0.25) is 0 Å². The molecule has 1 aliphatic rings. The molecule has 1 aromatic heterocycles. The van der Waals surface area contributed by atoms with Crippen LogP contribution in [-0.2, 0) is 0 Å². The third-order valence-electron chi connectivity index (χ3n) is 4.00. The smallest absolute Gasteiger partial charge is 0.265 e. The number of nitrogens with zero attached hydrogens (tertiary/aromatic N) is 1. The van der Waals surface area contributed by atoms with Crippen LogP contribution < -0.4 is 10.6 Å². The molecule has 0 unspecified atom stereocenters. The second kappa shape index (κ2) is 6.94. The topological polar surface area (TPSA) is 44.4 Å². The van der Waals surface area contributed by atoms with Crippen LogP contribution in [0, 0.1) is 0 Å². The molecule has 2 N–H and O–H groups in total. The van der Waals surface area contributed by atoms with Crippen LogP contribution >= 0.6 is 11.3 Å². The van der Waals surface area contributed by atoms with Crippen LogP contribution in [0.5, 0.6) is 0 Å². The number of nitrogens with one attached hydrogen (secondary N) is 2. The Hall–Kier alpha value is -1.85. The summed E-state index contributed by atoms with van der Waals surface area (Å²) in [7, 11) is 2.16. The monoisotopic (exact) mass is 315 g/mol. The Kier molecular flexibility index (Phi) is 4.75. The van der Waals surface area contributed by atoms with Gasteiger partial charge in [-0.1, -0.05) is 18.2 Å². The van der Waals surface area contributed by atoms with Crippen LogP contribution in [0.1, 0.15) is 22.5 Å². The second-order valence-electron chi connectivity index (χ2n) is 5.70. The third kappa shape index (κ3) is 3.67. The first-order valence-corrected chi connectivity index (χ1v) is 8.49. The summed E-state index contributed by atoms with van der Waals surface area (Å²) in [5.74, 6) is -0.0485. The van der Waals surface area contributed by atoms with Crippen molar-refractivity contribution in [3.05, 3.63) is 46.7 Å². The third-order valence-corrected chi connectivity index (χ3v) is 4.87. The van der Waals surface area contributed by atoms with Crippen molar-refractivity contribution >= 4 is 28.6 Å². The summed E-state index contributed by atoms with van der Waals surface area (Å²) in [6.45, 7) is 2.22. The summed E-state index contributed by atoms with van der Waals surface area (Å²) in [6, 6.07) is 12.1. The zero-order chi connectivity index (χ0) is 15.4. The van der Waals surface area contributed by atoms with Crippen molar-refractivity contribution in [2.24, 2.45) is 0 Å². The van der Waals surface area contributed by atoms with Crippen LogP contribution in [-0.4, -0.2) is 37.0 Å². The van der Waals surface area contributed by atoms with E-state index in [-0.39, 0.29) is 5.91 Å². The summed E-state index contributed by atoms with van der Waals surface area (Å²) >= 11 is 1.45. The minimum atomic E-state index is -0.0485. The number of carbonyl (C=O) groups is 1. The molecule has 1 amide bonds. The van der Waals surface area contributed by atoms with Gasteiger partial charge in [-0.05, 0) is 56.6 Å². The number of anilines is 2. The van der Waals surface area contributed by atoms with Crippen LogP contribution in [0.15, 0.2) is 41.8 Å². The Bertz CT molecular complexity index is 619. The average molecular weight is 315 g/mol. The zero-order valence-corrected chi connectivity index (χ0v) is 13.5. The van der Waals surface area contributed by atoms with Gasteiger partial charge in [-0.25, -0.2) is 0 Å². The van der Waals surface area contributed by atoms with Crippen molar-refractivity contribution in [2.75, 3.05) is 30.8 Å². The lowest BCUT2D eigenvalue weighted by Crippen LogP contribution is -2.36. The molecule has 116 valence electrons. The predicted molar refractivity (Wildman–Crippen MR) is 92.9 cm³/mol. The van der Waals surface area contributed by atoms with Crippen molar-refractivity contribution in [2.45, 2.75) is 18.9 Å². The molecule has 0 radical (unpaired) electrons. The van der Waals surface area contributed by atoms with Gasteiger partial charge in [0.15, 0.2) is 0 Å². The number of piperidine rings is 1. The number of likely N-dealkylation sites (tertiary alicyclic amines) is 1. The lowest BCUT2D eigenvalue weighted by atomic mass is 10.0. The molecule has 2 heterocycles. The van der Waals surface area contributed by atoms with E-state index >= 15 is 0 Å². The molecular formula is C17H21N3OS. The summed E-state index contributed by atoms with van der Waals surface area (Å²) in [4.78, 5) is 15.3. The second-order valence-corrected chi connectivity index (χ2v) is 6.65.